The highest BCUT2D eigenvalue weighted by Crippen LogP contribution is 2.35. The van der Waals surface area contributed by atoms with Crippen LogP contribution in [0.4, 0.5) is 16.2 Å². The molecule has 1 aromatic heterocycles. The van der Waals surface area contributed by atoms with Crippen LogP contribution in [-0.2, 0) is 0 Å². The smallest absolute Gasteiger partial charge is 0.323 e. The summed E-state index contributed by atoms with van der Waals surface area (Å²) in [4.78, 5) is 32.1. The number of urea groups is 1. The van der Waals surface area contributed by atoms with Crippen molar-refractivity contribution in [3.8, 4) is 11.3 Å². The van der Waals surface area contributed by atoms with Crippen molar-refractivity contribution in [2.24, 2.45) is 0 Å². The van der Waals surface area contributed by atoms with Crippen LogP contribution >= 0.6 is 0 Å². The maximum atomic E-state index is 14.0. The number of anilines is 2. The van der Waals surface area contributed by atoms with Crippen LogP contribution in [0.3, 0.4) is 0 Å². The number of pyridine rings is 1. The Morgan fingerprint density at radius 2 is 1.34 bits per heavy atom. The third-order valence-electron chi connectivity index (χ3n) is 6.35. The molecule has 0 spiro atoms. The van der Waals surface area contributed by atoms with Crippen LogP contribution in [0.1, 0.15) is 35.3 Å². The third kappa shape index (κ3) is 5.39. The lowest BCUT2D eigenvalue weighted by atomic mass is 9.99. The van der Waals surface area contributed by atoms with Crippen molar-refractivity contribution in [2.45, 2.75) is 19.4 Å². The van der Waals surface area contributed by atoms with E-state index in [0.29, 0.717) is 40.0 Å². The molecule has 5 aromatic rings. The summed E-state index contributed by atoms with van der Waals surface area (Å²) in [5, 5.41) is 9.66. The molecule has 0 aliphatic carbocycles. The molecule has 0 bridgehead atoms. The number of hydrogen-bond donors (Lipinski definition) is 3. The monoisotopic (exact) mass is 500 g/mol. The van der Waals surface area contributed by atoms with Gasteiger partial charge < -0.3 is 16.0 Å². The molecule has 38 heavy (non-hydrogen) atoms. The average Bonchev–Trinajstić information content (AvgIpc) is 2.96. The van der Waals surface area contributed by atoms with Gasteiger partial charge in [0, 0.05) is 16.6 Å². The highest BCUT2D eigenvalue weighted by molar-refractivity contribution is 6.16. The predicted molar refractivity (Wildman–Crippen MR) is 153 cm³/mol. The lowest BCUT2D eigenvalue weighted by Gasteiger charge is -2.21. The molecule has 1 heterocycles. The van der Waals surface area contributed by atoms with Crippen LogP contribution in [0.2, 0.25) is 0 Å². The molecule has 0 fully saturated rings. The summed E-state index contributed by atoms with van der Waals surface area (Å²) in [5.74, 6) is -0.286. The van der Waals surface area contributed by atoms with Gasteiger partial charge in [-0.3, -0.25) is 4.79 Å². The van der Waals surface area contributed by atoms with Crippen molar-refractivity contribution in [2.75, 3.05) is 10.6 Å². The fourth-order valence-corrected chi connectivity index (χ4v) is 4.51. The molecule has 4 aromatic carbocycles. The Morgan fingerprint density at radius 3 is 2.03 bits per heavy atom. The molecule has 3 amide bonds. The molecule has 188 valence electrons. The van der Waals surface area contributed by atoms with E-state index >= 15 is 0 Å². The molecule has 6 nitrogen and oxygen atoms in total. The van der Waals surface area contributed by atoms with E-state index in [9.17, 15) is 9.59 Å². The summed E-state index contributed by atoms with van der Waals surface area (Å²) in [6.45, 7) is 2.03. The van der Waals surface area contributed by atoms with Gasteiger partial charge in [0.25, 0.3) is 5.91 Å². The second-order valence-electron chi connectivity index (χ2n) is 8.88. The Morgan fingerprint density at radius 1 is 0.737 bits per heavy atom. The standard InChI is InChI=1S/C32H28N4O2/c1-2-26(22-14-6-3-7-15-22)35-31(37)28-25-20-12-13-21-27(25)34-29(23-16-8-4-9-17-23)30(28)36-32(38)33-24-18-10-5-11-19-24/h3-21,26H,2H2,1H3,(H,35,37)(H2,33,36,38). The van der Waals surface area contributed by atoms with Gasteiger partial charge in [-0.05, 0) is 30.2 Å². The van der Waals surface area contributed by atoms with Crippen molar-refractivity contribution in [1.29, 1.82) is 0 Å². The second kappa shape index (κ2) is 11.4. The summed E-state index contributed by atoms with van der Waals surface area (Å²) in [6.07, 6.45) is 0.710. The van der Waals surface area contributed by atoms with E-state index in [0.717, 1.165) is 11.1 Å². The largest absolute Gasteiger partial charge is 0.345 e. The number of amides is 3. The Bertz CT molecular complexity index is 1550. The van der Waals surface area contributed by atoms with Crippen molar-refractivity contribution in [1.82, 2.24) is 10.3 Å². The van der Waals surface area contributed by atoms with Gasteiger partial charge in [-0.1, -0.05) is 104 Å². The van der Waals surface area contributed by atoms with Gasteiger partial charge in [0.2, 0.25) is 0 Å². The molecule has 0 aliphatic rings. The molecular weight excluding hydrogens is 472 g/mol. The number of nitrogens with one attached hydrogen (secondary N) is 3. The van der Waals surface area contributed by atoms with Gasteiger partial charge in [-0.25, -0.2) is 9.78 Å². The van der Waals surface area contributed by atoms with Crippen LogP contribution < -0.4 is 16.0 Å². The van der Waals surface area contributed by atoms with Crippen LogP contribution in [-0.4, -0.2) is 16.9 Å². The number of nitrogens with zero attached hydrogens (tertiary/aromatic N) is 1. The Kier molecular flexibility index (Phi) is 7.41. The zero-order valence-electron chi connectivity index (χ0n) is 21.0. The molecule has 5 rings (SSSR count). The second-order valence-corrected chi connectivity index (χ2v) is 8.88. The van der Waals surface area contributed by atoms with Gasteiger partial charge in [0.15, 0.2) is 0 Å². The van der Waals surface area contributed by atoms with Gasteiger partial charge in [0.1, 0.15) is 0 Å². The van der Waals surface area contributed by atoms with E-state index in [2.05, 4.69) is 16.0 Å². The zero-order chi connectivity index (χ0) is 26.3. The van der Waals surface area contributed by atoms with E-state index < -0.39 is 6.03 Å². The molecule has 0 saturated carbocycles. The molecule has 1 atom stereocenters. The SMILES string of the molecule is CCC(NC(=O)c1c(NC(=O)Nc2ccccc2)c(-c2ccccc2)nc2ccccc12)c1ccccc1. The van der Waals surface area contributed by atoms with Crippen molar-refractivity contribution in [3.63, 3.8) is 0 Å². The fourth-order valence-electron chi connectivity index (χ4n) is 4.51. The molecule has 0 saturated heterocycles. The maximum Gasteiger partial charge on any atom is 0.323 e. The van der Waals surface area contributed by atoms with Gasteiger partial charge >= 0.3 is 6.03 Å². The summed E-state index contributed by atoms with van der Waals surface area (Å²) >= 11 is 0. The van der Waals surface area contributed by atoms with Crippen LogP contribution in [0.25, 0.3) is 22.2 Å². The van der Waals surface area contributed by atoms with Gasteiger partial charge in [0.05, 0.1) is 28.5 Å². The van der Waals surface area contributed by atoms with Gasteiger partial charge in [-0.2, -0.15) is 0 Å². The third-order valence-corrected chi connectivity index (χ3v) is 6.35. The first-order chi connectivity index (χ1) is 18.6. The first-order valence-electron chi connectivity index (χ1n) is 12.6. The van der Waals surface area contributed by atoms with Crippen LogP contribution in [0, 0.1) is 0 Å². The minimum absolute atomic E-state index is 0.193. The number of fused-ring (bicyclic) bond motifs is 1. The Balaban J connectivity index is 1.63. The van der Waals surface area contributed by atoms with Crippen molar-refractivity contribution < 1.29 is 9.59 Å². The highest BCUT2D eigenvalue weighted by Gasteiger charge is 2.25. The Labute approximate surface area is 221 Å². The van der Waals surface area contributed by atoms with E-state index in [4.69, 9.17) is 4.98 Å². The van der Waals surface area contributed by atoms with Crippen LogP contribution in [0.15, 0.2) is 115 Å². The average molecular weight is 501 g/mol. The maximum absolute atomic E-state index is 14.0. The lowest BCUT2D eigenvalue weighted by molar-refractivity contribution is 0.0938. The van der Waals surface area contributed by atoms with Gasteiger partial charge in [-0.15, -0.1) is 0 Å². The molecule has 1 unspecified atom stereocenters. The number of rotatable bonds is 7. The molecular formula is C32H28N4O2. The van der Waals surface area contributed by atoms with Crippen molar-refractivity contribution >= 4 is 34.2 Å². The lowest BCUT2D eigenvalue weighted by Crippen LogP contribution is -2.30. The molecule has 6 heteroatoms. The first kappa shape index (κ1) is 24.7. The van der Waals surface area contributed by atoms with E-state index in [1.165, 1.54) is 0 Å². The number of aromatic nitrogens is 1. The van der Waals surface area contributed by atoms with E-state index in [1.807, 2.05) is 110 Å². The predicted octanol–water partition coefficient (Wildman–Crippen LogP) is 7.43. The topological polar surface area (TPSA) is 83.1 Å². The number of para-hydroxylation sites is 2. The van der Waals surface area contributed by atoms with Crippen LogP contribution in [0.5, 0.6) is 0 Å². The minimum atomic E-state index is -0.463. The minimum Gasteiger partial charge on any atom is -0.345 e. The molecule has 0 aliphatic heterocycles. The number of hydrogen-bond acceptors (Lipinski definition) is 3. The summed E-state index contributed by atoms with van der Waals surface area (Å²) < 4.78 is 0. The Hall–Kier alpha value is -4.97. The fraction of sp³-hybridized carbons (Fsp3) is 0.0938. The zero-order valence-corrected chi connectivity index (χ0v) is 21.0. The quantitative estimate of drug-likeness (QED) is 0.217. The van der Waals surface area contributed by atoms with E-state index in [1.54, 1.807) is 12.1 Å². The number of carbonyl (C=O) groups excluding carboxylic acids is 2. The summed E-state index contributed by atoms with van der Waals surface area (Å²) in [6, 6.07) is 35.4. The molecule has 0 radical (unpaired) electrons. The molecule has 3 N–H and O–H groups in total. The summed E-state index contributed by atoms with van der Waals surface area (Å²) in [7, 11) is 0. The number of benzene rings is 4. The summed E-state index contributed by atoms with van der Waals surface area (Å²) in [5.41, 5.74) is 4.35. The number of carbonyl (C=O) groups is 2. The normalized spacial score (nSPS) is 11.5. The highest BCUT2D eigenvalue weighted by atomic mass is 16.2. The van der Waals surface area contributed by atoms with Crippen molar-refractivity contribution in [3.05, 3.63) is 126 Å². The van der Waals surface area contributed by atoms with E-state index in [-0.39, 0.29) is 11.9 Å². The first-order valence-corrected chi connectivity index (χ1v) is 12.6.